The summed E-state index contributed by atoms with van der Waals surface area (Å²) >= 11 is 0. The summed E-state index contributed by atoms with van der Waals surface area (Å²) in [5.41, 5.74) is 0.766. The third-order valence-electron chi connectivity index (χ3n) is 3.79. The smallest absolute Gasteiger partial charge is 0.317 e. The van der Waals surface area contributed by atoms with E-state index in [2.05, 4.69) is 4.99 Å². The Hall–Kier alpha value is -2.04. The summed E-state index contributed by atoms with van der Waals surface area (Å²) < 4.78 is 0. The fourth-order valence-corrected chi connectivity index (χ4v) is 2.65. The van der Waals surface area contributed by atoms with Gasteiger partial charge in [-0.05, 0) is 6.92 Å². The average molecular weight is 358 g/mol. The molecule has 1 aliphatic rings. The first-order valence-corrected chi connectivity index (χ1v) is 8.08. The normalized spacial score (nSPS) is 19.5. The van der Waals surface area contributed by atoms with Crippen LogP contribution < -0.4 is 0 Å². The topological polar surface area (TPSA) is 134 Å². The van der Waals surface area contributed by atoms with Crippen LogP contribution >= 0.6 is 0 Å². The number of aliphatic imine (C=N–C) groups is 1. The third-order valence-corrected chi connectivity index (χ3v) is 3.79. The van der Waals surface area contributed by atoms with Crippen LogP contribution in [-0.2, 0) is 14.4 Å². The highest BCUT2D eigenvalue weighted by Crippen LogP contribution is 1.99. The van der Waals surface area contributed by atoms with Crippen LogP contribution in [0, 0.1) is 0 Å². The molecule has 0 aromatic heterocycles. The number of hydrogen-bond acceptors (Lipinski definition) is 7. The molecular weight excluding hydrogens is 332 g/mol. The van der Waals surface area contributed by atoms with E-state index >= 15 is 0 Å². The van der Waals surface area contributed by atoms with Gasteiger partial charge in [0, 0.05) is 45.0 Å². The maximum atomic E-state index is 11.0. The summed E-state index contributed by atoms with van der Waals surface area (Å²) in [5, 5.41) is 27.1. The molecule has 25 heavy (non-hydrogen) atoms. The largest absolute Gasteiger partial charge is 0.480 e. The van der Waals surface area contributed by atoms with Crippen molar-refractivity contribution in [3.8, 4) is 0 Å². The zero-order valence-corrected chi connectivity index (χ0v) is 14.4. The standard InChI is InChI=1S/C15H26N4O6/c1-12-8-19(11-15(24)25)7-6-18(10-14(22)23)5-4-17(3-2-16-12)9-13(20)21/h2-11H2,1H3,(H,20,21)(H,22,23)(H,24,25). The van der Waals surface area contributed by atoms with Gasteiger partial charge in [0.15, 0.2) is 0 Å². The van der Waals surface area contributed by atoms with Crippen LogP contribution in [0.1, 0.15) is 6.92 Å². The number of carbonyl (C=O) groups is 3. The van der Waals surface area contributed by atoms with Crippen molar-refractivity contribution >= 4 is 23.6 Å². The molecular formula is C15H26N4O6. The van der Waals surface area contributed by atoms with E-state index < -0.39 is 17.9 Å². The van der Waals surface area contributed by atoms with Gasteiger partial charge in [-0.1, -0.05) is 0 Å². The Morgan fingerprint density at radius 1 is 0.800 bits per heavy atom. The molecule has 0 amide bonds. The summed E-state index contributed by atoms with van der Waals surface area (Å²) in [4.78, 5) is 42.5. The first-order chi connectivity index (χ1) is 11.8. The number of carboxylic acid groups (broad SMARTS) is 3. The van der Waals surface area contributed by atoms with Crippen LogP contribution in [0.2, 0.25) is 0 Å². The van der Waals surface area contributed by atoms with Crippen molar-refractivity contribution in [2.45, 2.75) is 6.92 Å². The molecule has 0 bridgehead atoms. The molecule has 10 nitrogen and oxygen atoms in total. The van der Waals surface area contributed by atoms with Gasteiger partial charge < -0.3 is 15.3 Å². The number of nitrogens with zero attached hydrogens (tertiary/aromatic N) is 4. The van der Waals surface area contributed by atoms with E-state index in [1.54, 1.807) is 21.6 Å². The second kappa shape index (κ2) is 10.7. The number of rotatable bonds is 6. The van der Waals surface area contributed by atoms with E-state index in [-0.39, 0.29) is 19.6 Å². The van der Waals surface area contributed by atoms with Crippen LogP contribution in [-0.4, -0.2) is 119 Å². The van der Waals surface area contributed by atoms with E-state index in [0.29, 0.717) is 45.8 Å². The Kier molecular flexibility index (Phi) is 9.03. The average Bonchev–Trinajstić information content (AvgIpc) is 2.46. The third kappa shape index (κ3) is 9.75. The van der Waals surface area contributed by atoms with Crippen LogP contribution in [0.3, 0.4) is 0 Å². The molecule has 0 aliphatic carbocycles. The molecule has 0 fully saturated rings. The second-order valence-electron chi connectivity index (χ2n) is 6.06. The summed E-state index contributed by atoms with van der Waals surface area (Å²) in [6.45, 7) is 4.19. The van der Waals surface area contributed by atoms with Crippen molar-refractivity contribution in [1.82, 2.24) is 14.7 Å². The number of hydrogen-bond donors (Lipinski definition) is 3. The Morgan fingerprint density at radius 2 is 1.20 bits per heavy atom. The molecule has 0 aromatic carbocycles. The van der Waals surface area contributed by atoms with Gasteiger partial charge in [-0.15, -0.1) is 0 Å². The van der Waals surface area contributed by atoms with Gasteiger partial charge in [0.25, 0.3) is 0 Å². The van der Waals surface area contributed by atoms with Crippen molar-refractivity contribution in [1.29, 1.82) is 0 Å². The monoisotopic (exact) mass is 358 g/mol. The first-order valence-electron chi connectivity index (χ1n) is 8.08. The minimum atomic E-state index is -0.973. The summed E-state index contributed by atoms with van der Waals surface area (Å²) in [6, 6.07) is 0. The van der Waals surface area contributed by atoms with Crippen molar-refractivity contribution < 1.29 is 29.7 Å². The van der Waals surface area contributed by atoms with Crippen molar-refractivity contribution in [3.05, 3.63) is 0 Å². The molecule has 0 unspecified atom stereocenters. The van der Waals surface area contributed by atoms with Gasteiger partial charge in [-0.2, -0.15) is 0 Å². The highest BCUT2D eigenvalue weighted by Gasteiger charge is 2.18. The molecule has 0 saturated carbocycles. The maximum absolute atomic E-state index is 11.0. The quantitative estimate of drug-likeness (QED) is 0.525. The molecule has 0 aromatic rings. The minimum Gasteiger partial charge on any atom is -0.480 e. The molecule has 1 heterocycles. The van der Waals surface area contributed by atoms with Gasteiger partial charge >= 0.3 is 17.9 Å². The summed E-state index contributed by atoms with van der Waals surface area (Å²) in [6.07, 6.45) is 0. The molecule has 1 aliphatic heterocycles. The van der Waals surface area contributed by atoms with Crippen molar-refractivity contribution in [2.24, 2.45) is 4.99 Å². The van der Waals surface area contributed by atoms with Gasteiger partial charge in [0.05, 0.1) is 26.2 Å². The minimum absolute atomic E-state index is 0.124. The lowest BCUT2D eigenvalue weighted by molar-refractivity contribution is -0.140. The lowest BCUT2D eigenvalue weighted by atomic mass is 10.3. The van der Waals surface area contributed by atoms with E-state index in [9.17, 15) is 14.4 Å². The summed E-state index contributed by atoms with van der Waals surface area (Å²) in [7, 11) is 0. The van der Waals surface area contributed by atoms with E-state index in [1.165, 1.54) is 0 Å². The Balaban J connectivity index is 2.85. The van der Waals surface area contributed by atoms with E-state index in [4.69, 9.17) is 15.3 Å². The van der Waals surface area contributed by atoms with Gasteiger partial charge in [-0.25, -0.2) is 0 Å². The van der Waals surface area contributed by atoms with Crippen LogP contribution in [0.25, 0.3) is 0 Å². The molecule has 0 radical (unpaired) electrons. The summed E-state index contributed by atoms with van der Waals surface area (Å²) in [5.74, 6) is -2.86. The van der Waals surface area contributed by atoms with Gasteiger partial charge in [0.1, 0.15) is 0 Å². The van der Waals surface area contributed by atoms with E-state index in [0.717, 1.165) is 5.71 Å². The fraction of sp³-hybridized carbons (Fsp3) is 0.733. The fourth-order valence-electron chi connectivity index (χ4n) is 2.65. The lowest BCUT2D eigenvalue weighted by Gasteiger charge is -2.29. The highest BCUT2D eigenvalue weighted by molar-refractivity contribution is 5.84. The molecule has 0 spiro atoms. The Labute approximate surface area is 146 Å². The molecule has 10 heteroatoms. The number of aliphatic carboxylic acids is 3. The predicted molar refractivity (Wildman–Crippen MR) is 90.2 cm³/mol. The van der Waals surface area contributed by atoms with Crippen molar-refractivity contribution in [2.75, 3.05) is 65.4 Å². The highest BCUT2D eigenvalue weighted by atomic mass is 16.4. The van der Waals surface area contributed by atoms with Crippen molar-refractivity contribution in [3.63, 3.8) is 0 Å². The maximum Gasteiger partial charge on any atom is 0.317 e. The lowest BCUT2D eigenvalue weighted by Crippen LogP contribution is -2.45. The van der Waals surface area contributed by atoms with Crippen LogP contribution in [0.4, 0.5) is 0 Å². The Morgan fingerprint density at radius 3 is 1.68 bits per heavy atom. The van der Waals surface area contributed by atoms with Crippen LogP contribution in [0.5, 0.6) is 0 Å². The zero-order valence-electron chi connectivity index (χ0n) is 14.4. The molecule has 1 rings (SSSR count). The second-order valence-corrected chi connectivity index (χ2v) is 6.06. The van der Waals surface area contributed by atoms with E-state index in [1.807, 2.05) is 0 Å². The number of carboxylic acids is 3. The first kappa shape index (κ1) is 21.0. The van der Waals surface area contributed by atoms with Crippen LogP contribution in [0.15, 0.2) is 4.99 Å². The van der Waals surface area contributed by atoms with Gasteiger partial charge in [0.2, 0.25) is 0 Å². The molecule has 3 N–H and O–H groups in total. The SMILES string of the molecule is CC1=NCCN(CC(=O)O)CCN(CC(=O)O)CCN(CC(=O)O)C1. The molecule has 0 saturated heterocycles. The Bertz CT molecular complexity index is 510. The van der Waals surface area contributed by atoms with Gasteiger partial charge in [-0.3, -0.25) is 34.1 Å². The zero-order chi connectivity index (χ0) is 18.8. The molecule has 0 atom stereocenters. The predicted octanol–water partition coefficient (Wildman–Crippen LogP) is -1.38. The molecule has 142 valence electrons.